The lowest BCUT2D eigenvalue weighted by Gasteiger charge is -2.21. The van der Waals surface area contributed by atoms with E-state index in [0.717, 1.165) is 27.5 Å². The van der Waals surface area contributed by atoms with Gasteiger partial charge in [-0.1, -0.05) is 49.7 Å². The van der Waals surface area contributed by atoms with Crippen molar-refractivity contribution in [3.8, 4) is 11.3 Å². The number of amides is 1. The number of carbonyl (C=O) groups is 1. The van der Waals surface area contributed by atoms with Gasteiger partial charge in [-0.2, -0.15) is 0 Å². The van der Waals surface area contributed by atoms with E-state index >= 15 is 0 Å². The van der Waals surface area contributed by atoms with Crippen molar-refractivity contribution in [3.63, 3.8) is 0 Å². The number of hydrogen-bond donors (Lipinski definition) is 1. The second-order valence-corrected chi connectivity index (χ2v) is 8.37. The molecule has 4 rings (SSSR count). The van der Waals surface area contributed by atoms with Crippen LogP contribution in [0.15, 0.2) is 66.3 Å². The molecule has 1 unspecified atom stereocenters. The zero-order valence-corrected chi connectivity index (χ0v) is 17.2. The number of halogens is 1. The van der Waals surface area contributed by atoms with Gasteiger partial charge >= 0.3 is 0 Å². The molecule has 0 saturated carbocycles. The summed E-state index contributed by atoms with van der Waals surface area (Å²) in [5, 5.41) is 5.72. The van der Waals surface area contributed by atoms with Crippen LogP contribution in [0.2, 0.25) is 5.02 Å². The number of rotatable bonds is 5. The summed E-state index contributed by atoms with van der Waals surface area (Å²) in [6, 6.07) is 15.3. The molecule has 1 N–H and O–H groups in total. The van der Waals surface area contributed by atoms with Crippen molar-refractivity contribution >= 4 is 39.5 Å². The van der Waals surface area contributed by atoms with Crippen LogP contribution in [0.1, 0.15) is 25.3 Å². The molecule has 1 amide bonds. The number of fused-ring (bicyclic) bond motifs is 1. The van der Waals surface area contributed by atoms with E-state index in [0.29, 0.717) is 5.02 Å². The monoisotopic (exact) mass is 409 g/mol. The molecule has 2 aromatic carbocycles. The predicted molar refractivity (Wildman–Crippen MR) is 116 cm³/mol. The Bertz CT molecular complexity index is 1070. The predicted octanol–water partition coefficient (Wildman–Crippen LogP) is 6.09. The van der Waals surface area contributed by atoms with Gasteiger partial charge in [0.1, 0.15) is 0 Å². The number of nitrogens with one attached hydrogen (secondary N) is 1. The van der Waals surface area contributed by atoms with E-state index in [9.17, 15) is 4.79 Å². The van der Waals surface area contributed by atoms with Crippen LogP contribution in [0.3, 0.4) is 0 Å². The van der Waals surface area contributed by atoms with Gasteiger partial charge in [0, 0.05) is 34.0 Å². The number of carbonyl (C=O) groups excluding carboxylic acids is 1. The minimum absolute atomic E-state index is 0.0208. The molecule has 0 aliphatic heterocycles. The third-order valence-corrected chi connectivity index (χ3v) is 5.74. The molecule has 2 heterocycles. The van der Waals surface area contributed by atoms with E-state index in [1.165, 1.54) is 0 Å². The lowest BCUT2D eigenvalue weighted by molar-refractivity contribution is -0.118. The minimum atomic E-state index is -0.239. The van der Waals surface area contributed by atoms with E-state index < -0.39 is 0 Å². The van der Waals surface area contributed by atoms with Gasteiger partial charge in [0.05, 0.1) is 11.6 Å². The first-order valence-corrected chi connectivity index (χ1v) is 10.4. The normalized spacial score (nSPS) is 12.4. The maximum absolute atomic E-state index is 12.9. The summed E-state index contributed by atoms with van der Waals surface area (Å²) in [7, 11) is 0. The number of benzene rings is 2. The molecule has 0 fully saturated rings. The van der Waals surface area contributed by atoms with Gasteiger partial charge < -0.3 is 5.32 Å². The third kappa shape index (κ3) is 3.81. The summed E-state index contributed by atoms with van der Waals surface area (Å²) in [5.74, 6) is -0.0941. The van der Waals surface area contributed by atoms with Crippen LogP contribution in [0.5, 0.6) is 0 Å². The van der Waals surface area contributed by atoms with Crippen molar-refractivity contribution in [2.24, 2.45) is 5.92 Å². The molecule has 0 aliphatic rings. The molecule has 28 heavy (non-hydrogen) atoms. The van der Waals surface area contributed by atoms with Gasteiger partial charge in [-0.3, -0.25) is 9.20 Å². The lowest BCUT2D eigenvalue weighted by Crippen LogP contribution is -2.25. The Hall–Kier alpha value is -2.63. The minimum Gasteiger partial charge on any atom is -0.326 e. The first-order valence-electron chi connectivity index (χ1n) is 9.10. The highest BCUT2D eigenvalue weighted by molar-refractivity contribution is 7.15. The second kappa shape index (κ2) is 7.78. The van der Waals surface area contributed by atoms with Crippen LogP contribution in [0.4, 0.5) is 5.69 Å². The van der Waals surface area contributed by atoms with E-state index in [1.807, 2.05) is 84.6 Å². The zero-order valence-electron chi connectivity index (χ0n) is 15.6. The number of nitrogens with zero attached hydrogens (tertiary/aromatic N) is 2. The number of anilines is 1. The number of hydrogen-bond acceptors (Lipinski definition) is 3. The Morgan fingerprint density at radius 2 is 1.82 bits per heavy atom. The molecular formula is C22H20ClN3OS. The first-order chi connectivity index (χ1) is 13.5. The van der Waals surface area contributed by atoms with Crippen LogP contribution in [0.25, 0.3) is 16.2 Å². The summed E-state index contributed by atoms with van der Waals surface area (Å²) in [4.78, 5) is 18.5. The van der Waals surface area contributed by atoms with Crippen molar-refractivity contribution in [1.82, 2.24) is 9.38 Å². The molecule has 0 aliphatic carbocycles. The van der Waals surface area contributed by atoms with E-state index in [4.69, 9.17) is 11.6 Å². The van der Waals surface area contributed by atoms with Crippen LogP contribution >= 0.6 is 22.9 Å². The van der Waals surface area contributed by atoms with Gasteiger partial charge in [0.25, 0.3) is 0 Å². The molecule has 0 spiro atoms. The standard InChI is InChI=1S/C22H20ClN3OS/c1-14(2)20(16-3-7-17(23)8-4-16)21(27)24-18-9-5-15(6-10-18)19-13-26-11-12-28-22(26)25-19/h3-14,20H,1-2H3,(H,24,27). The number of imidazole rings is 1. The lowest BCUT2D eigenvalue weighted by atomic mass is 9.87. The van der Waals surface area contributed by atoms with Crippen LogP contribution < -0.4 is 5.32 Å². The Morgan fingerprint density at radius 3 is 2.46 bits per heavy atom. The van der Waals surface area contributed by atoms with Gasteiger partial charge in [0.15, 0.2) is 4.96 Å². The maximum atomic E-state index is 12.9. The SMILES string of the molecule is CC(C)C(C(=O)Nc1ccc(-c2cn3ccsc3n2)cc1)c1ccc(Cl)cc1. The average Bonchev–Trinajstić information content (AvgIpc) is 3.26. The molecule has 6 heteroatoms. The smallest absolute Gasteiger partial charge is 0.232 e. The summed E-state index contributed by atoms with van der Waals surface area (Å²) in [6.45, 7) is 4.10. The summed E-state index contributed by atoms with van der Waals surface area (Å²) >= 11 is 7.59. The molecule has 2 aromatic heterocycles. The summed E-state index contributed by atoms with van der Waals surface area (Å²) in [6.07, 6.45) is 4.00. The van der Waals surface area contributed by atoms with Crippen molar-refractivity contribution in [3.05, 3.63) is 76.9 Å². The number of thiazole rings is 1. The van der Waals surface area contributed by atoms with Crippen LogP contribution in [0, 0.1) is 5.92 Å². The average molecular weight is 410 g/mol. The molecule has 1 atom stereocenters. The van der Waals surface area contributed by atoms with Crippen LogP contribution in [-0.4, -0.2) is 15.3 Å². The van der Waals surface area contributed by atoms with Gasteiger partial charge in [-0.25, -0.2) is 4.98 Å². The Morgan fingerprint density at radius 1 is 1.11 bits per heavy atom. The summed E-state index contributed by atoms with van der Waals surface area (Å²) in [5.41, 5.74) is 3.68. The molecule has 4 aromatic rings. The van der Waals surface area contributed by atoms with Crippen molar-refractivity contribution < 1.29 is 4.79 Å². The van der Waals surface area contributed by atoms with E-state index in [-0.39, 0.29) is 17.7 Å². The maximum Gasteiger partial charge on any atom is 0.232 e. The highest BCUT2D eigenvalue weighted by Crippen LogP contribution is 2.28. The molecular weight excluding hydrogens is 390 g/mol. The zero-order chi connectivity index (χ0) is 19.7. The molecule has 0 bridgehead atoms. The van der Waals surface area contributed by atoms with E-state index in [2.05, 4.69) is 10.3 Å². The second-order valence-electron chi connectivity index (χ2n) is 7.06. The molecule has 0 saturated heterocycles. The van der Waals surface area contributed by atoms with Gasteiger partial charge in [-0.05, 0) is 35.7 Å². The highest BCUT2D eigenvalue weighted by atomic mass is 35.5. The fourth-order valence-electron chi connectivity index (χ4n) is 3.32. The third-order valence-electron chi connectivity index (χ3n) is 4.72. The Kier molecular flexibility index (Phi) is 5.20. The molecule has 142 valence electrons. The van der Waals surface area contributed by atoms with Crippen molar-refractivity contribution in [2.75, 3.05) is 5.32 Å². The Balaban J connectivity index is 1.51. The fraction of sp³-hybridized carbons (Fsp3) is 0.182. The van der Waals surface area contributed by atoms with Crippen molar-refractivity contribution in [2.45, 2.75) is 19.8 Å². The quantitative estimate of drug-likeness (QED) is 0.433. The van der Waals surface area contributed by atoms with Gasteiger partial charge in [-0.15, -0.1) is 11.3 Å². The highest BCUT2D eigenvalue weighted by Gasteiger charge is 2.24. The van der Waals surface area contributed by atoms with Crippen LogP contribution in [-0.2, 0) is 4.79 Å². The summed E-state index contributed by atoms with van der Waals surface area (Å²) < 4.78 is 2.01. The fourth-order valence-corrected chi connectivity index (χ4v) is 4.15. The number of aromatic nitrogens is 2. The topological polar surface area (TPSA) is 46.4 Å². The van der Waals surface area contributed by atoms with Crippen molar-refractivity contribution in [1.29, 1.82) is 0 Å². The molecule has 4 nitrogen and oxygen atoms in total. The van der Waals surface area contributed by atoms with E-state index in [1.54, 1.807) is 11.3 Å². The van der Waals surface area contributed by atoms with Gasteiger partial charge in [0.2, 0.25) is 5.91 Å². The Labute approximate surface area is 172 Å². The molecule has 0 radical (unpaired) electrons. The first kappa shape index (κ1) is 18.7. The largest absolute Gasteiger partial charge is 0.326 e.